The van der Waals surface area contributed by atoms with Crippen LogP contribution in [-0.2, 0) is 0 Å². The van der Waals surface area contributed by atoms with Crippen molar-refractivity contribution in [2.24, 2.45) is 5.41 Å². The molecule has 1 atom stereocenters. The first-order valence-electron chi connectivity index (χ1n) is 6.23. The first kappa shape index (κ1) is 14.0. The van der Waals surface area contributed by atoms with Crippen LogP contribution >= 0.6 is 15.9 Å². The van der Waals surface area contributed by atoms with Gasteiger partial charge < -0.3 is 5.32 Å². The fourth-order valence-corrected chi connectivity index (χ4v) is 2.60. The summed E-state index contributed by atoms with van der Waals surface area (Å²) in [4.78, 5) is 0. The molecule has 0 saturated heterocycles. The van der Waals surface area contributed by atoms with Crippen LogP contribution in [0.5, 0.6) is 0 Å². The summed E-state index contributed by atoms with van der Waals surface area (Å²) in [5.74, 6) is 0. The Balaban J connectivity index is 2.83. The molecular weight excluding hydrogens is 262 g/mol. The summed E-state index contributed by atoms with van der Waals surface area (Å²) >= 11 is 3.45. The molecule has 0 aromatic carbocycles. The number of nitrogens with one attached hydrogen (secondary N) is 1. The van der Waals surface area contributed by atoms with Crippen molar-refractivity contribution in [3.05, 3.63) is 23.3 Å². The van der Waals surface area contributed by atoms with Crippen LogP contribution in [0.4, 0.5) is 0 Å². The largest absolute Gasteiger partial charge is 0.316 e. The molecule has 0 radical (unpaired) electrons. The molecule has 1 aliphatic carbocycles. The Bertz CT molecular complexity index is 280. The summed E-state index contributed by atoms with van der Waals surface area (Å²) in [6.45, 7) is 5.78. The van der Waals surface area contributed by atoms with Crippen molar-refractivity contribution in [2.75, 3.05) is 18.9 Å². The number of rotatable bonds is 5. The highest BCUT2D eigenvalue weighted by molar-refractivity contribution is 9.09. The van der Waals surface area contributed by atoms with E-state index in [1.807, 2.05) is 7.05 Å². The SMILES string of the molecule is CCC1(C)CCC(/C=C/CBr)=C(CNC)C1. The number of hydrogen-bond donors (Lipinski definition) is 1. The molecule has 0 aromatic heterocycles. The van der Waals surface area contributed by atoms with E-state index in [1.165, 1.54) is 25.7 Å². The smallest absolute Gasteiger partial charge is 0.0215 e. The van der Waals surface area contributed by atoms with Gasteiger partial charge >= 0.3 is 0 Å². The minimum absolute atomic E-state index is 0.526. The molecule has 0 saturated carbocycles. The first-order chi connectivity index (χ1) is 7.65. The van der Waals surface area contributed by atoms with Gasteiger partial charge in [-0.05, 0) is 37.3 Å². The molecule has 2 heteroatoms. The summed E-state index contributed by atoms with van der Waals surface area (Å²) in [6.07, 6.45) is 9.63. The number of alkyl halides is 1. The highest BCUT2D eigenvalue weighted by Gasteiger charge is 2.28. The van der Waals surface area contributed by atoms with E-state index >= 15 is 0 Å². The average Bonchev–Trinajstić information content (AvgIpc) is 2.29. The molecule has 0 aliphatic heterocycles. The number of allylic oxidation sites excluding steroid dienone is 3. The van der Waals surface area contributed by atoms with Gasteiger partial charge in [0.1, 0.15) is 0 Å². The van der Waals surface area contributed by atoms with E-state index in [0.29, 0.717) is 5.41 Å². The Morgan fingerprint density at radius 2 is 2.25 bits per heavy atom. The van der Waals surface area contributed by atoms with E-state index in [1.54, 1.807) is 11.1 Å². The average molecular weight is 286 g/mol. The molecule has 1 unspecified atom stereocenters. The lowest BCUT2D eigenvalue weighted by Crippen LogP contribution is -2.25. The van der Waals surface area contributed by atoms with Crippen LogP contribution in [0.2, 0.25) is 0 Å². The van der Waals surface area contributed by atoms with Crippen LogP contribution in [0.3, 0.4) is 0 Å². The van der Waals surface area contributed by atoms with Gasteiger partial charge in [-0.2, -0.15) is 0 Å². The van der Waals surface area contributed by atoms with E-state index < -0.39 is 0 Å². The predicted molar refractivity (Wildman–Crippen MR) is 76.1 cm³/mol. The molecule has 1 aliphatic rings. The molecule has 1 nitrogen and oxygen atoms in total. The molecule has 1 rings (SSSR count). The van der Waals surface area contributed by atoms with Gasteiger partial charge in [-0.15, -0.1) is 0 Å². The summed E-state index contributed by atoms with van der Waals surface area (Å²) in [5.41, 5.74) is 3.69. The Labute approximate surface area is 109 Å². The molecule has 0 spiro atoms. The zero-order valence-corrected chi connectivity index (χ0v) is 12.4. The molecule has 0 aromatic rings. The fraction of sp³-hybridized carbons (Fsp3) is 0.714. The maximum atomic E-state index is 3.45. The van der Waals surface area contributed by atoms with Crippen LogP contribution in [0.1, 0.15) is 39.5 Å². The normalized spacial score (nSPS) is 26.8. The second-order valence-electron chi connectivity index (χ2n) is 5.06. The van der Waals surface area contributed by atoms with Gasteiger partial charge in [-0.25, -0.2) is 0 Å². The van der Waals surface area contributed by atoms with Gasteiger partial charge in [0.05, 0.1) is 0 Å². The van der Waals surface area contributed by atoms with Gasteiger partial charge in [-0.1, -0.05) is 53.9 Å². The predicted octanol–water partition coefficient (Wildman–Crippen LogP) is 4.05. The van der Waals surface area contributed by atoms with Crippen molar-refractivity contribution in [1.29, 1.82) is 0 Å². The molecule has 1 N–H and O–H groups in total. The minimum atomic E-state index is 0.526. The van der Waals surface area contributed by atoms with Crippen LogP contribution in [0.25, 0.3) is 0 Å². The lowest BCUT2D eigenvalue weighted by Gasteiger charge is -2.35. The van der Waals surface area contributed by atoms with E-state index in [4.69, 9.17) is 0 Å². The van der Waals surface area contributed by atoms with Crippen molar-refractivity contribution < 1.29 is 0 Å². The van der Waals surface area contributed by atoms with Gasteiger partial charge in [-0.3, -0.25) is 0 Å². The lowest BCUT2D eigenvalue weighted by molar-refractivity contribution is 0.266. The van der Waals surface area contributed by atoms with Crippen LogP contribution in [0.15, 0.2) is 23.3 Å². The van der Waals surface area contributed by atoms with Crippen LogP contribution in [0, 0.1) is 5.41 Å². The third kappa shape index (κ3) is 3.74. The molecule has 16 heavy (non-hydrogen) atoms. The maximum Gasteiger partial charge on any atom is 0.0215 e. The van der Waals surface area contributed by atoms with Crippen LogP contribution in [-0.4, -0.2) is 18.9 Å². The van der Waals surface area contributed by atoms with Crippen molar-refractivity contribution in [2.45, 2.75) is 39.5 Å². The van der Waals surface area contributed by atoms with E-state index in [9.17, 15) is 0 Å². The minimum Gasteiger partial charge on any atom is -0.316 e. The highest BCUT2D eigenvalue weighted by atomic mass is 79.9. The number of hydrogen-bond acceptors (Lipinski definition) is 1. The molecule has 0 bridgehead atoms. The fourth-order valence-electron chi connectivity index (χ4n) is 2.41. The Morgan fingerprint density at radius 3 is 2.81 bits per heavy atom. The van der Waals surface area contributed by atoms with Gasteiger partial charge in [0.15, 0.2) is 0 Å². The van der Waals surface area contributed by atoms with E-state index in [2.05, 4.69) is 47.2 Å². The second kappa shape index (κ2) is 6.61. The number of halogens is 1. The highest BCUT2D eigenvalue weighted by Crippen LogP contribution is 2.41. The summed E-state index contributed by atoms with van der Waals surface area (Å²) in [5, 5.41) is 4.25. The first-order valence-corrected chi connectivity index (χ1v) is 7.35. The maximum absolute atomic E-state index is 3.45. The zero-order valence-electron chi connectivity index (χ0n) is 10.8. The summed E-state index contributed by atoms with van der Waals surface area (Å²) in [7, 11) is 2.04. The zero-order chi connectivity index (χ0) is 12.0. The topological polar surface area (TPSA) is 12.0 Å². The lowest BCUT2D eigenvalue weighted by atomic mass is 9.71. The summed E-state index contributed by atoms with van der Waals surface area (Å²) in [6, 6.07) is 0. The third-order valence-corrected chi connectivity index (χ3v) is 4.12. The van der Waals surface area contributed by atoms with Gasteiger partial charge in [0, 0.05) is 11.9 Å². The molecular formula is C14H24BrN. The van der Waals surface area contributed by atoms with E-state index in [-0.39, 0.29) is 0 Å². The van der Waals surface area contributed by atoms with Gasteiger partial charge in [0.2, 0.25) is 0 Å². The monoisotopic (exact) mass is 285 g/mol. The molecule has 0 amide bonds. The van der Waals surface area contributed by atoms with Gasteiger partial charge in [0.25, 0.3) is 0 Å². The molecule has 92 valence electrons. The van der Waals surface area contributed by atoms with Crippen molar-refractivity contribution in [3.63, 3.8) is 0 Å². The molecule has 0 heterocycles. The van der Waals surface area contributed by atoms with Crippen molar-refractivity contribution in [1.82, 2.24) is 5.32 Å². The van der Waals surface area contributed by atoms with Crippen molar-refractivity contribution in [3.8, 4) is 0 Å². The number of likely N-dealkylation sites (N-methyl/N-ethyl adjacent to an activating group) is 1. The van der Waals surface area contributed by atoms with Crippen LogP contribution < -0.4 is 5.32 Å². The quantitative estimate of drug-likeness (QED) is 0.752. The Morgan fingerprint density at radius 1 is 1.50 bits per heavy atom. The van der Waals surface area contributed by atoms with E-state index in [0.717, 1.165) is 11.9 Å². The third-order valence-electron chi connectivity index (χ3n) is 3.74. The Hall–Kier alpha value is -0.0800. The molecule has 0 fully saturated rings. The second-order valence-corrected chi connectivity index (χ2v) is 5.70. The Kier molecular flexibility index (Phi) is 5.77. The summed E-state index contributed by atoms with van der Waals surface area (Å²) < 4.78 is 0. The standard InChI is InChI=1S/C14H24BrN/c1-4-14(2)8-7-12(6-5-9-15)13(10-14)11-16-3/h5-6,16H,4,7-11H2,1-3H3/b6-5+. The van der Waals surface area contributed by atoms with Crippen molar-refractivity contribution >= 4 is 15.9 Å².